The molecule has 1 atom stereocenters. The second-order valence-electron chi connectivity index (χ2n) is 5.82. The molecule has 1 N–H and O–H groups in total. The number of halogens is 1. The van der Waals surface area contributed by atoms with Crippen molar-refractivity contribution in [3.05, 3.63) is 66.2 Å². The third kappa shape index (κ3) is 5.07. The third-order valence-corrected chi connectivity index (χ3v) is 4.77. The molecule has 0 saturated heterocycles. The highest BCUT2D eigenvalue weighted by Gasteiger charge is 2.18. The summed E-state index contributed by atoms with van der Waals surface area (Å²) in [7, 11) is 1.83. The van der Waals surface area contributed by atoms with Gasteiger partial charge in [0.05, 0.1) is 5.75 Å². The van der Waals surface area contributed by atoms with E-state index < -0.39 is 0 Å². The maximum absolute atomic E-state index is 12.9. The minimum atomic E-state index is -0.346. The lowest BCUT2D eigenvalue weighted by molar-refractivity contribution is -0.113. The number of rotatable bonds is 7. The Hall–Kier alpha value is -2.87. The fourth-order valence-corrected chi connectivity index (χ4v) is 3.14. The van der Waals surface area contributed by atoms with Crippen LogP contribution in [0.15, 0.2) is 59.8 Å². The predicted molar refractivity (Wildman–Crippen MR) is 102 cm³/mol. The maximum atomic E-state index is 12.9. The van der Waals surface area contributed by atoms with Crippen LogP contribution in [-0.4, -0.2) is 26.4 Å². The van der Waals surface area contributed by atoms with Crippen LogP contribution in [0.5, 0.6) is 5.75 Å². The molecular weight excluding hydrogens is 367 g/mol. The van der Waals surface area contributed by atoms with Gasteiger partial charge in [-0.15, -0.1) is 10.2 Å². The summed E-state index contributed by atoms with van der Waals surface area (Å²) in [6, 6.07) is 15.1. The Morgan fingerprint density at radius 1 is 1.19 bits per heavy atom. The van der Waals surface area contributed by atoms with E-state index in [1.54, 1.807) is 0 Å². The highest BCUT2D eigenvalue weighted by atomic mass is 32.2. The second-order valence-corrected chi connectivity index (χ2v) is 6.76. The SMILES string of the molecule is CC(Oc1ccccc1)c1nnc(SCC(=O)Nc2ccc(F)cc2)n1C. The van der Waals surface area contributed by atoms with Crippen LogP contribution in [0.4, 0.5) is 10.1 Å². The lowest BCUT2D eigenvalue weighted by Gasteiger charge is -2.14. The van der Waals surface area contributed by atoms with Crippen LogP contribution in [-0.2, 0) is 11.8 Å². The van der Waals surface area contributed by atoms with Crippen LogP contribution in [0.3, 0.4) is 0 Å². The fourth-order valence-electron chi connectivity index (χ4n) is 2.42. The summed E-state index contributed by atoms with van der Waals surface area (Å²) < 4.78 is 20.6. The first-order chi connectivity index (χ1) is 13.0. The van der Waals surface area contributed by atoms with Gasteiger partial charge in [0.25, 0.3) is 0 Å². The van der Waals surface area contributed by atoms with Gasteiger partial charge in [-0.2, -0.15) is 0 Å². The number of benzene rings is 2. The molecule has 1 unspecified atom stereocenters. The zero-order valence-corrected chi connectivity index (χ0v) is 15.7. The van der Waals surface area contributed by atoms with Crippen LogP contribution < -0.4 is 10.1 Å². The summed E-state index contributed by atoms with van der Waals surface area (Å²) in [4.78, 5) is 12.1. The average molecular weight is 386 g/mol. The molecule has 1 amide bonds. The number of aromatic nitrogens is 3. The Kier molecular flexibility index (Phi) is 6.08. The van der Waals surface area contributed by atoms with Crippen LogP contribution >= 0.6 is 11.8 Å². The standard InChI is InChI=1S/C19H19FN4O2S/c1-13(26-16-6-4-3-5-7-16)18-22-23-19(24(18)2)27-12-17(25)21-15-10-8-14(20)9-11-15/h3-11,13H,12H2,1-2H3,(H,21,25). The Balaban J connectivity index is 1.56. The summed E-state index contributed by atoms with van der Waals surface area (Å²) in [5.41, 5.74) is 0.547. The van der Waals surface area contributed by atoms with E-state index in [1.807, 2.05) is 48.9 Å². The van der Waals surface area contributed by atoms with E-state index in [9.17, 15) is 9.18 Å². The predicted octanol–water partition coefficient (Wildman–Crippen LogP) is 3.83. The molecule has 0 aliphatic carbocycles. The molecule has 8 heteroatoms. The maximum Gasteiger partial charge on any atom is 0.234 e. The molecule has 6 nitrogen and oxygen atoms in total. The molecule has 140 valence electrons. The minimum Gasteiger partial charge on any atom is -0.483 e. The Labute approximate surface area is 160 Å². The molecule has 0 spiro atoms. The molecule has 0 aliphatic heterocycles. The van der Waals surface area contributed by atoms with E-state index in [2.05, 4.69) is 15.5 Å². The highest BCUT2D eigenvalue weighted by Crippen LogP contribution is 2.23. The van der Waals surface area contributed by atoms with Crippen LogP contribution in [0.1, 0.15) is 18.9 Å². The van der Waals surface area contributed by atoms with Crippen molar-refractivity contribution in [3.63, 3.8) is 0 Å². The average Bonchev–Trinajstić information content (AvgIpc) is 3.03. The number of amides is 1. The number of hydrogen-bond acceptors (Lipinski definition) is 5. The Bertz CT molecular complexity index is 900. The molecule has 0 radical (unpaired) electrons. The van der Waals surface area contributed by atoms with Gasteiger partial charge in [0.1, 0.15) is 11.6 Å². The van der Waals surface area contributed by atoms with E-state index in [1.165, 1.54) is 36.0 Å². The summed E-state index contributed by atoms with van der Waals surface area (Å²) in [6.45, 7) is 1.90. The van der Waals surface area contributed by atoms with Gasteiger partial charge in [-0.3, -0.25) is 4.79 Å². The molecule has 3 rings (SSSR count). The lowest BCUT2D eigenvalue weighted by Crippen LogP contribution is -2.14. The second kappa shape index (κ2) is 8.68. The molecular formula is C19H19FN4O2S. The molecule has 3 aromatic rings. The molecule has 0 aliphatic rings. The van der Waals surface area contributed by atoms with E-state index in [0.29, 0.717) is 16.7 Å². The smallest absolute Gasteiger partial charge is 0.234 e. The first-order valence-corrected chi connectivity index (χ1v) is 9.30. The Morgan fingerprint density at radius 3 is 2.59 bits per heavy atom. The molecule has 27 heavy (non-hydrogen) atoms. The van der Waals surface area contributed by atoms with Gasteiger partial charge in [-0.1, -0.05) is 30.0 Å². The molecule has 1 heterocycles. The van der Waals surface area contributed by atoms with Crippen molar-refractivity contribution in [1.29, 1.82) is 0 Å². The van der Waals surface area contributed by atoms with Crippen molar-refractivity contribution in [1.82, 2.24) is 14.8 Å². The van der Waals surface area contributed by atoms with E-state index >= 15 is 0 Å². The highest BCUT2D eigenvalue weighted by molar-refractivity contribution is 7.99. The number of ether oxygens (including phenoxy) is 1. The van der Waals surface area contributed by atoms with Crippen molar-refractivity contribution < 1.29 is 13.9 Å². The molecule has 0 fully saturated rings. The van der Waals surface area contributed by atoms with Crippen molar-refractivity contribution >= 4 is 23.4 Å². The van der Waals surface area contributed by atoms with Gasteiger partial charge < -0.3 is 14.6 Å². The number of hydrogen-bond donors (Lipinski definition) is 1. The summed E-state index contributed by atoms with van der Waals surface area (Å²) >= 11 is 1.27. The topological polar surface area (TPSA) is 69.0 Å². The van der Waals surface area contributed by atoms with Gasteiger partial charge in [-0.05, 0) is 43.3 Å². The normalized spacial score (nSPS) is 11.8. The largest absolute Gasteiger partial charge is 0.483 e. The zero-order chi connectivity index (χ0) is 19.2. The van der Waals surface area contributed by atoms with Gasteiger partial charge in [0, 0.05) is 12.7 Å². The number of carbonyl (C=O) groups excluding carboxylic acids is 1. The molecule has 1 aromatic heterocycles. The number of thioether (sulfide) groups is 1. The first-order valence-electron chi connectivity index (χ1n) is 8.32. The van der Waals surface area contributed by atoms with Crippen molar-refractivity contribution in [2.24, 2.45) is 7.05 Å². The van der Waals surface area contributed by atoms with E-state index in [0.717, 1.165) is 5.75 Å². The molecule has 2 aromatic carbocycles. The van der Waals surface area contributed by atoms with E-state index in [-0.39, 0.29) is 23.6 Å². The summed E-state index contributed by atoms with van der Waals surface area (Å²) in [5.74, 6) is 1.03. The first kappa shape index (κ1) is 18.9. The summed E-state index contributed by atoms with van der Waals surface area (Å²) in [6.07, 6.45) is -0.285. The van der Waals surface area contributed by atoms with Crippen molar-refractivity contribution in [3.8, 4) is 5.75 Å². The third-order valence-electron chi connectivity index (χ3n) is 3.75. The zero-order valence-electron chi connectivity index (χ0n) is 14.9. The van der Waals surface area contributed by atoms with Crippen LogP contribution in [0.25, 0.3) is 0 Å². The number of anilines is 1. The minimum absolute atomic E-state index is 0.164. The Morgan fingerprint density at radius 2 is 1.89 bits per heavy atom. The summed E-state index contributed by atoms with van der Waals surface area (Å²) in [5, 5.41) is 11.6. The number of nitrogens with one attached hydrogen (secondary N) is 1. The monoisotopic (exact) mass is 386 g/mol. The van der Waals surface area contributed by atoms with Crippen molar-refractivity contribution in [2.45, 2.75) is 18.2 Å². The van der Waals surface area contributed by atoms with Gasteiger partial charge in [0.2, 0.25) is 5.91 Å². The lowest BCUT2D eigenvalue weighted by atomic mass is 10.3. The van der Waals surface area contributed by atoms with Gasteiger partial charge >= 0.3 is 0 Å². The molecule has 0 saturated carbocycles. The van der Waals surface area contributed by atoms with Crippen LogP contribution in [0.2, 0.25) is 0 Å². The van der Waals surface area contributed by atoms with Crippen LogP contribution in [0, 0.1) is 5.82 Å². The quantitative estimate of drug-likeness (QED) is 0.625. The number of nitrogens with zero attached hydrogens (tertiary/aromatic N) is 3. The fraction of sp³-hybridized carbons (Fsp3) is 0.211. The molecule has 0 bridgehead atoms. The number of para-hydroxylation sites is 1. The van der Waals surface area contributed by atoms with Gasteiger partial charge in [-0.25, -0.2) is 4.39 Å². The number of carbonyl (C=O) groups is 1. The van der Waals surface area contributed by atoms with E-state index in [4.69, 9.17) is 4.74 Å². The van der Waals surface area contributed by atoms with Gasteiger partial charge in [0.15, 0.2) is 17.1 Å². The van der Waals surface area contributed by atoms with Crippen molar-refractivity contribution in [2.75, 3.05) is 11.1 Å².